The Balaban J connectivity index is 2.55. The molecule has 0 aliphatic carbocycles. The molecule has 0 amide bonds. The van der Waals surface area contributed by atoms with Gasteiger partial charge >= 0.3 is 5.97 Å². The Kier molecular flexibility index (Phi) is 4.13. The Labute approximate surface area is 115 Å². The maximum Gasteiger partial charge on any atom is 0.343 e. The number of carbonyl (C=O) groups excluding carboxylic acids is 1. The van der Waals surface area contributed by atoms with Crippen molar-refractivity contribution in [2.24, 2.45) is 0 Å². The first-order chi connectivity index (χ1) is 9.67. The first-order valence-electron chi connectivity index (χ1n) is 5.93. The van der Waals surface area contributed by atoms with Gasteiger partial charge in [0.25, 0.3) is 0 Å². The Morgan fingerprint density at radius 2 is 2.25 bits per heavy atom. The molecule has 2 rings (SSSR count). The van der Waals surface area contributed by atoms with Crippen LogP contribution >= 0.6 is 0 Å². The summed E-state index contributed by atoms with van der Waals surface area (Å²) in [6.07, 6.45) is 1.25. The predicted molar refractivity (Wildman–Crippen MR) is 71.1 cm³/mol. The molecule has 102 valence electrons. The zero-order chi connectivity index (χ0) is 14.5. The van der Waals surface area contributed by atoms with E-state index in [-0.39, 0.29) is 30.0 Å². The Morgan fingerprint density at radius 3 is 2.95 bits per heavy atom. The molecule has 0 atom stereocenters. The summed E-state index contributed by atoms with van der Waals surface area (Å²) < 4.78 is 4.83. The summed E-state index contributed by atoms with van der Waals surface area (Å²) in [4.78, 5) is 19.8. The van der Waals surface area contributed by atoms with Crippen molar-refractivity contribution < 1.29 is 19.7 Å². The lowest BCUT2D eigenvalue weighted by Gasteiger charge is -2.06. The van der Waals surface area contributed by atoms with Gasteiger partial charge in [-0.1, -0.05) is 5.92 Å². The van der Waals surface area contributed by atoms with E-state index in [1.807, 2.05) is 0 Å². The molecule has 0 radical (unpaired) electrons. The highest BCUT2D eigenvalue weighted by molar-refractivity contribution is 5.98. The van der Waals surface area contributed by atoms with Crippen LogP contribution in [0.25, 0.3) is 11.0 Å². The van der Waals surface area contributed by atoms with Crippen molar-refractivity contribution in [2.75, 3.05) is 13.2 Å². The minimum Gasteiger partial charge on any atom is -0.505 e. The number of carbonyl (C=O) groups is 1. The molecule has 0 aromatic carbocycles. The second-order valence-corrected chi connectivity index (χ2v) is 3.77. The Morgan fingerprint density at radius 1 is 1.45 bits per heavy atom. The summed E-state index contributed by atoms with van der Waals surface area (Å²) >= 11 is 0. The van der Waals surface area contributed by atoms with Crippen LogP contribution in [0, 0.1) is 11.8 Å². The lowest BCUT2D eigenvalue weighted by molar-refractivity contribution is 0.0523. The molecule has 0 spiro atoms. The number of rotatable bonds is 2. The average molecular weight is 272 g/mol. The smallest absolute Gasteiger partial charge is 0.343 e. The van der Waals surface area contributed by atoms with Gasteiger partial charge in [-0.3, -0.25) is 4.98 Å². The van der Waals surface area contributed by atoms with Gasteiger partial charge in [-0.15, -0.1) is 0 Å². The average Bonchev–Trinajstić information content (AvgIpc) is 2.46. The molecule has 6 nitrogen and oxygen atoms in total. The maximum atomic E-state index is 11.7. The molecular weight excluding hydrogens is 260 g/mol. The topological polar surface area (TPSA) is 92.5 Å². The normalized spacial score (nSPS) is 9.90. The van der Waals surface area contributed by atoms with Crippen molar-refractivity contribution in [3.05, 3.63) is 29.6 Å². The van der Waals surface area contributed by atoms with Crippen LogP contribution in [0.2, 0.25) is 0 Å². The van der Waals surface area contributed by atoms with E-state index in [2.05, 4.69) is 21.8 Å². The zero-order valence-corrected chi connectivity index (χ0v) is 10.8. The first kappa shape index (κ1) is 13.8. The lowest BCUT2D eigenvalue weighted by Crippen LogP contribution is -2.06. The molecule has 0 unspecified atom stereocenters. The molecule has 0 aliphatic rings. The second kappa shape index (κ2) is 5.99. The van der Waals surface area contributed by atoms with E-state index < -0.39 is 5.97 Å². The van der Waals surface area contributed by atoms with E-state index >= 15 is 0 Å². The van der Waals surface area contributed by atoms with Crippen molar-refractivity contribution in [1.82, 2.24) is 9.97 Å². The number of esters is 1. The molecule has 0 fully saturated rings. The number of aliphatic hydroxyl groups excluding tert-OH is 1. The quantitative estimate of drug-likeness (QED) is 0.622. The standard InChI is InChI=1S/C14H12N2O4/c1-2-20-14(19)10-8-15-11-6-5-9(4-3-7-17)16-12(11)13(10)18/h5-6,8,17H,2,7H2,1H3,(H,15,18). The van der Waals surface area contributed by atoms with E-state index in [4.69, 9.17) is 9.84 Å². The molecule has 2 aromatic rings. The minimum atomic E-state index is -0.659. The van der Waals surface area contributed by atoms with Gasteiger partial charge < -0.3 is 14.9 Å². The fourth-order valence-corrected chi connectivity index (χ4v) is 1.61. The molecule has 2 heterocycles. The van der Waals surface area contributed by atoms with Crippen LogP contribution in [0.3, 0.4) is 0 Å². The minimum absolute atomic E-state index is 0.0425. The van der Waals surface area contributed by atoms with Crippen LogP contribution < -0.4 is 0 Å². The monoisotopic (exact) mass is 272 g/mol. The maximum absolute atomic E-state index is 11.7. The SMILES string of the molecule is CCOC(=O)c1cnc2ccc(C#CCO)nc2c1O. The van der Waals surface area contributed by atoms with Crippen LogP contribution in [-0.4, -0.2) is 39.4 Å². The lowest BCUT2D eigenvalue weighted by atomic mass is 10.2. The number of fused-ring (bicyclic) bond motifs is 1. The molecule has 2 N–H and O–H groups in total. The van der Waals surface area contributed by atoms with Crippen molar-refractivity contribution in [2.45, 2.75) is 6.92 Å². The van der Waals surface area contributed by atoms with Gasteiger partial charge in [0, 0.05) is 6.20 Å². The number of aromatic nitrogens is 2. The Hall–Kier alpha value is -2.65. The molecule has 0 saturated carbocycles. The van der Waals surface area contributed by atoms with Crippen molar-refractivity contribution in [3.8, 4) is 17.6 Å². The van der Waals surface area contributed by atoms with E-state index in [1.165, 1.54) is 6.20 Å². The summed E-state index contributed by atoms with van der Waals surface area (Å²) in [7, 11) is 0. The third-order valence-electron chi connectivity index (χ3n) is 2.48. The third kappa shape index (κ3) is 2.68. The van der Waals surface area contributed by atoms with Crippen LogP contribution in [0.5, 0.6) is 5.75 Å². The highest BCUT2D eigenvalue weighted by Crippen LogP contribution is 2.26. The van der Waals surface area contributed by atoms with Gasteiger partial charge in [0.05, 0.1) is 12.1 Å². The number of hydrogen-bond acceptors (Lipinski definition) is 6. The highest BCUT2D eigenvalue weighted by Gasteiger charge is 2.16. The largest absolute Gasteiger partial charge is 0.505 e. The molecule has 0 saturated heterocycles. The van der Waals surface area contributed by atoms with E-state index in [0.717, 1.165) is 0 Å². The van der Waals surface area contributed by atoms with Crippen LogP contribution in [0.15, 0.2) is 18.3 Å². The van der Waals surface area contributed by atoms with Gasteiger partial charge in [0.2, 0.25) is 0 Å². The zero-order valence-electron chi connectivity index (χ0n) is 10.8. The summed E-state index contributed by atoms with van der Waals surface area (Å²) in [6, 6.07) is 3.24. The van der Waals surface area contributed by atoms with E-state index in [0.29, 0.717) is 11.2 Å². The number of ether oxygens (including phenoxy) is 1. The summed E-state index contributed by atoms with van der Waals surface area (Å²) in [6.45, 7) is 1.59. The Bertz CT molecular complexity index is 716. The highest BCUT2D eigenvalue weighted by atomic mass is 16.5. The van der Waals surface area contributed by atoms with Crippen molar-refractivity contribution in [1.29, 1.82) is 0 Å². The van der Waals surface area contributed by atoms with Gasteiger partial charge in [-0.2, -0.15) is 0 Å². The van der Waals surface area contributed by atoms with Crippen molar-refractivity contribution in [3.63, 3.8) is 0 Å². The predicted octanol–water partition coefficient (Wildman–Crippen LogP) is 0.856. The number of nitrogens with zero attached hydrogens (tertiary/aromatic N) is 2. The molecule has 0 bridgehead atoms. The summed E-state index contributed by atoms with van der Waals surface area (Å²) in [5.41, 5.74) is 0.925. The molecule has 2 aromatic heterocycles. The fourth-order valence-electron chi connectivity index (χ4n) is 1.61. The number of hydrogen-bond donors (Lipinski definition) is 2. The molecule has 6 heteroatoms. The van der Waals surface area contributed by atoms with Crippen molar-refractivity contribution >= 4 is 17.0 Å². The third-order valence-corrected chi connectivity index (χ3v) is 2.48. The summed E-state index contributed by atoms with van der Waals surface area (Å²) in [5, 5.41) is 18.7. The molecule has 20 heavy (non-hydrogen) atoms. The van der Waals surface area contributed by atoms with Crippen LogP contribution in [0.1, 0.15) is 23.0 Å². The number of aliphatic hydroxyl groups is 1. The van der Waals surface area contributed by atoms with Crippen LogP contribution in [-0.2, 0) is 4.74 Å². The van der Waals surface area contributed by atoms with Gasteiger partial charge in [-0.25, -0.2) is 9.78 Å². The second-order valence-electron chi connectivity index (χ2n) is 3.77. The van der Waals surface area contributed by atoms with E-state index in [9.17, 15) is 9.90 Å². The van der Waals surface area contributed by atoms with Crippen LogP contribution in [0.4, 0.5) is 0 Å². The molecular formula is C14H12N2O4. The van der Waals surface area contributed by atoms with E-state index in [1.54, 1.807) is 19.1 Å². The number of pyridine rings is 2. The van der Waals surface area contributed by atoms with Gasteiger partial charge in [0.1, 0.15) is 23.4 Å². The first-order valence-corrected chi connectivity index (χ1v) is 5.93. The number of aromatic hydroxyl groups is 1. The molecule has 0 aliphatic heterocycles. The van der Waals surface area contributed by atoms with Gasteiger partial charge in [0.15, 0.2) is 5.75 Å². The fraction of sp³-hybridized carbons (Fsp3) is 0.214. The summed E-state index contributed by atoms with van der Waals surface area (Å²) in [5.74, 6) is 4.13. The van der Waals surface area contributed by atoms with Gasteiger partial charge in [-0.05, 0) is 25.0 Å².